The van der Waals surface area contributed by atoms with Crippen LogP contribution in [0.5, 0.6) is 0 Å². The molecule has 0 aromatic heterocycles. The first-order valence-electron chi connectivity index (χ1n) is 32.1. The summed E-state index contributed by atoms with van der Waals surface area (Å²) in [5.41, 5.74) is -1.12. The standard InChI is InChI=1S/C67H106NO11/c1-5-7-9-11-13-15-17-19-21-23-25-27-35-43-62(69)74-52-61(53-75-63(70)44-36-28-26-24-22-20-18-16-14-12-10-8-6-2)77-64(71)54(3)49-55(4)76-66(73)79-67(56-39-31-29-32-40-56,57-41-33-30-34-42-57)65(72)78-60-50-58-45-46-59(51-60)68(58)47-37-38-48-68/h29-34,39-42,54-55,58-61H,5-28,35-38,43-53H2,1-4H3/q+1. The Kier molecular flexibility index (Phi) is 31.1. The lowest BCUT2D eigenvalue weighted by Crippen LogP contribution is -2.60. The quantitative estimate of drug-likeness (QED) is 0.0271. The summed E-state index contributed by atoms with van der Waals surface area (Å²) >= 11 is 0. The smallest absolute Gasteiger partial charge is 0.462 e. The van der Waals surface area contributed by atoms with E-state index in [9.17, 15) is 24.0 Å². The summed E-state index contributed by atoms with van der Waals surface area (Å²) in [6.45, 7) is 9.70. The van der Waals surface area contributed by atoms with Gasteiger partial charge in [-0.15, -0.1) is 0 Å². The predicted octanol–water partition coefficient (Wildman–Crippen LogP) is 16.3. The Hall–Kier alpha value is -4.45. The van der Waals surface area contributed by atoms with Crippen LogP contribution in [0.1, 0.15) is 264 Å². The average molecular weight is 1100 g/mol. The van der Waals surface area contributed by atoms with Crippen LogP contribution in [0.25, 0.3) is 0 Å². The maximum Gasteiger partial charge on any atom is 0.510 e. The van der Waals surface area contributed by atoms with Crippen molar-refractivity contribution in [1.82, 2.24) is 0 Å². The number of esters is 4. The Bertz CT molecular complexity index is 1900. The van der Waals surface area contributed by atoms with Gasteiger partial charge in [0.05, 0.1) is 31.1 Å². The van der Waals surface area contributed by atoms with Crippen molar-refractivity contribution >= 4 is 30.0 Å². The first kappa shape index (κ1) is 65.4. The van der Waals surface area contributed by atoms with Crippen LogP contribution >= 0.6 is 0 Å². The lowest BCUT2D eigenvalue weighted by molar-refractivity contribution is -0.956. The molecule has 12 heteroatoms. The van der Waals surface area contributed by atoms with E-state index in [0.717, 1.165) is 68.7 Å². The fraction of sp³-hybridized carbons (Fsp3) is 0.746. The third kappa shape index (κ3) is 22.8. The van der Waals surface area contributed by atoms with E-state index in [1.54, 1.807) is 62.4 Å². The molecule has 3 heterocycles. The summed E-state index contributed by atoms with van der Waals surface area (Å²) in [6, 6.07) is 18.8. The topological polar surface area (TPSA) is 141 Å². The molecule has 0 N–H and O–H groups in total. The summed E-state index contributed by atoms with van der Waals surface area (Å²) in [5.74, 6) is -2.85. The number of ether oxygens (including phenoxy) is 6. The lowest BCUT2D eigenvalue weighted by Gasteiger charge is -2.47. The highest BCUT2D eigenvalue weighted by atomic mass is 16.7. The molecule has 12 nitrogen and oxygen atoms in total. The zero-order valence-corrected chi connectivity index (χ0v) is 49.8. The molecule has 3 aliphatic heterocycles. The Morgan fingerprint density at radius 2 is 0.924 bits per heavy atom. The monoisotopic (exact) mass is 1100 g/mol. The third-order valence-electron chi connectivity index (χ3n) is 17.4. The van der Waals surface area contributed by atoms with E-state index in [2.05, 4.69) is 13.8 Å². The van der Waals surface area contributed by atoms with Crippen LogP contribution in [0.4, 0.5) is 4.79 Å². The molecule has 79 heavy (non-hydrogen) atoms. The average Bonchev–Trinajstić information content (AvgIpc) is 4.27. The van der Waals surface area contributed by atoms with E-state index in [1.165, 1.54) is 142 Å². The second-order valence-electron chi connectivity index (χ2n) is 23.9. The molecular weight excluding hydrogens is 995 g/mol. The van der Waals surface area contributed by atoms with E-state index in [4.69, 9.17) is 28.4 Å². The molecule has 4 atom stereocenters. The Morgan fingerprint density at radius 3 is 1.33 bits per heavy atom. The van der Waals surface area contributed by atoms with Gasteiger partial charge in [0.25, 0.3) is 5.60 Å². The first-order valence-corrected chi connectivity index (χ1v) is 32.1. The molecule has 444 valence electrons. The van der Waals surface area contributed by atoms with Crippen molar-refractivity contribution < 1.29 is 56.9 Å². The van der Waals surface area contributed by atoms with Crippen LogP contribution in [0, 0.1) is 5.92 Å². The van der Waals surface area contributed by atoms with E-state index >= 15 is 0 Å². The van der Waals surface area contributed by atoms with Crippen LogP contribution in [0.15, 0.2) is 60.7 Å². The predicted molar refractivity (Wildman–Crippen MR) is 312 cm³/mol. The van der Waals surface area contributed by atoms with Gasteiger partial charge in [-0.3, -0.25) is 14.4 Å². The van der Waals surface area contributed by atoms with Crippen molar-refractivity contribution in [1.29, 1.82) is 0 Å². The van der Waals surface area contributed by atoms with Crippen molar-refractivity contribution in [3.8, 4) is 0 Å². The molecule has 5 rings (SSSR count). The first-order chi connectivity index (χ1) is 38.5. The van der Waals surface area contributed by atoms with Gasteiger partial charge in [0.15, 0.2) is 6.10 Å². The molecule has 3 aliphatic rings. The Labute approximate surface area is 477 Å². The molecule has 2 bridgehead atoms. The van der Waals surface area contributed by atoms with Crippen LogP contribution in [0.3, 0.4) is 0 Å². The summed E-state index contributed by atoms with van der Waals surface area (Å²) < 4.78 is 36.9. The Morgan fingerprint density at radius 1 is 0.532 bits per heavy atom. The summed E-state index contributed by atoms with van der Waals surface area (Å²) in [4.78, 5) is 68.6. The molecule has 2 aromatic carbocycles. The zero-order valence-electron chi connectivity index (χ0n) is 49.8. The van der Waals surface area contributed by atoms with E-state index in [1.807, 2.05) is 12.1 Å². The molecule has 4 unspecified atom stereocenters. The zero-order chi connectivity index (χ0) is 56.4. The molecule has 0 radical (unpaired) electrons. The van der Waals surface area contributed by atoms with Crippen molar-refractivity contribution in [2.45, 2.75) is 288 Å². The van der Waals surface area contributed by atoms with Gasteiger partial charge in [-0.25, -0.2) is 9.59 Å². The second kappa shape index (κ2) is 37.5. The SMILES string of the molecule is CCCCCCCCCCCCCCCC(=O)OCC(COC(=O)CCCCCCCCCCCCCCC)OC(=O)C(C)CC(C)OC(=O)OC(C(=O)OC1CC2CCC(C1)[N+]21CCCC1)(c1ccccc1)c1ccccc1. The normalized spacial score (nSPS) is 18.3. The van der Waals surface area contributed by atoms with E-state index < -0.39 is 41.8 Å². The number of carbonyl (C=O) groups excluding carboxylic acids is 5. The maximum atomic E-state index is 14.9. The number of carbonyl (C=O) groups is 5. The fourth-order valence-electron chi connectivity index (χ4n) is 12.9. The number of quaternary nitrogens is 1. The van der Waals surface area contributed by atoms with Crippen LogP contribution in [0.2, 0.25) is 0 Å². The molecule has 2 aromatic rings. The number of hydrogen-bond donors (Lipinski definition) is 0. The molecule has 0 saturated carbocycles. The van der Waals surface area contributed by atoms with Crippen molar-refractivity contribution in [2.24, 2.45) is 5.92 Å². The van der Waals surface area contributed by atoms with Crippen LogP contribution in [-0.4, -0.2) is 91.2 Å². The molecule has 0 aliphatic carbocycles. The highest BCUT2D eigenvalue weighted by Crippen LogP contribution is 2.47. The number of rotatable bonds is 42. The Balaban J connectivity index is 1.11. The van der Waals surface area contributed by atoms with Gasteiger partial charge in [0.2, 0.25) is 0 Å². The van der Waals surface area contributed by atoms with Crippen molar-refractivity contribution in [2.75, 3.05) is 26.3 Å². The number of hydrogen-bond acceptors (Lipinski definition) is 11. The number of unbranched alkanes of at least 4 members (excludes halogenated alkanes) is 24. The van der Waals surface area contributed by atoms with Crippen molar-refractivity contribution in [3.05, 3.63) is 71.8 Å². The molecule has 1 spiro atoms. The number of nitrogens with zero attached hydrogens (tertiary/aromatic N) is 1. The lowest BCUT2D eigenvalue weighted by atomic mass is 9.85. The van der Waals surface area contributed by atoms with Gasteiger partial charge in [-0.1, -0.05) is 236 Å². The summed E-state index contributed by atoms with van der Waals surface area (Å²) in [7, 11) is 0. The maximum absolute atomic E-state index is 14.9. The molecular formula is C67H106NO11+. The van der Waals surface area contributed by atoms with Crippen LogP contribution in [-0.2, 0) is 53.2 Å². The van der Waals surface area contributed by atoms with Gasteiger partial charge < -0.3 is 32.9 Å². The largest absolute Gasteiger partial charge is 0.510 e. The number of piperidine rings is 1. The minimum absolute atomic E-state index is 0.0529. The van der Waals surface area contributed by atoms with Crippen LogP contribution < -0.4 is 0 Å². The van der Waals surface area contributed by atoms with Crippen molar-refractivity contribution in [3.63, 3.8) is 0 Å². The third-order valence-corrected chi connectivity index (χ3v) is 17.4. The molecule has 3 saturated heterocycles. The summed E-state index contributed by atoms with van der Waals surface area (Å²) in [6.07, 6.45) is 34.9. The molecule has 3 fully saturated rings. The highest BCUT2D eigenvalue weighted by molar-refractivity contribution is 5.88. The minimum Gasteiger partial charge on any atom is -0.462 e. The summed E-state index contributed by atoms with van der Waals surface area (Å²) in [5, 5.41) is 0. The number of benzene rings is 2. The highest BCUT2D eigenvalue weighted by Gasteiger charge is 2.57. The van der Waals surface area contributed by atoms with Gasteiger partial charge in [-0.05, 0) is 26.2 Å². The molecule has 0 amide bonds. The van der Waals surface area contributed by atoms with E-state index in [-0.39, 0.29) is 50.5 Å². The van der Waals surface area contributed by atoms with Gasteiger partial charge in [0.1, 0.15) is 25.4 Å². The minimum atomic E-state index is -1.97. The van der Waals surface area contributed by atoms with Gasteiger partial charge >= 0.3 is 30.0 Å². The van der Waals surface area contributed by atoms with E-state index in [0.29, 0.717) is 36.1 Å². The second-order valence-corrected chi connectivity index (χ2v) is 23.9. The van der Waals surface area contributed by atoms with Gasteiger partial charge in [0, 0.05) is 62.5 Å². The fourth-order valence-corrected chi connectivity index (χ4v) is 12.9. The van der Waals surface area contributed by atoms with Gasteiger partial charge in [-0.2, -0.15) is 0 Å².